The summed E-state index contributed by atoms with van der Waals surface area (Å²) in [6, 6.07) is 10.8. The number of hydrogen-bond acceptors (Lipinski definition) is 7. The fourth-order valence-electron chi connectivity index (χ4n) is 2.69. The Bertz CT molecular complexity index is 974. The number of anilines is 2. The van der Waals surface area contributed by atoms with Gasteiger partial charge in [-0.2, -0.15) is 0 Å². The molecule has 0 fully saturated rings. The Morgan fingerprint density at radius 3 is 1.78 bits per heavy atom. The van der Waals surface area contributed by atoms with Gasteiger partial charge in [0, 0.05) is 11.4 Å². The number of amides is 2. The van der Waals surface area contributed by atoms with E-state index in [1.807, 2.05) is 0 Å². The highest BCUT2D eigenvalue weighted by atomic mass is 16.6. The third-order valence-corrected chi connectivity index (χ3v) is 4.02. The van der Waals surface area contributed by atoms with Crippen LogP contribution < -0.4 is 10.6 Å². The number of esters is 2. The molecular formula is C23H26N2O7. The first-order valence-electron chi connectivity index (χ1n) is 9.71. The maximum absolute atomic E-state index is 12.5. The molecule has 0 aliphatic heterocycles. The first kappa shape index (κ1) is 24.4. The number of methoxy groups -OCH3 is 2. The Kier molecular flexibility index (Phi) is 7.95. The molecule has 0 aliphatic carbocycles. The number of nitrogens with one attached hydrogen (secondary N) is 2. The minimum Gasteiger partial charge on any atom is -0.465 e. The maximum atomic E-state index is 12.5. The molecule has 0 aromatic heterocycles. The number of carbonyl (C=O) groups is 4. The van der Waals surface area contributed by atoms with Crippen molar-refractivity contribution in [2.24, 2.45) is 0 Å². The van der Waals surface area contributed by atoms with E-state index >= 15 is 0 Å². The van der Waals surface area contributed by atoms with Gasteiger partial charge < -0.3 is 19.5 Å². The monoisotopic (exact) mass is 442 g/mol. The zero-order valence-corrected chi connectivity index (χ0v) is 18.6. The average molecular weight is 442 g/mol. The lowest BCUT2D eigenvalue weighted by atomic mass is 10.1. The summed E-state index contributed by atoms with van der Waals surface area (Å²) in [5.41, 5.74) is 1.06. The van der Waals surface area contributed by atoms with Gasteiger partial charge in [0.15, 0.2) is 0 Å². The van der Waals surface area contributed by atoms with Crippen LogP contribution in [-0.2, 0) is 25.4 Å². The number of benzene rings is 2. The molecule has 0 atom stereocenters. The van der Waals surface area contributed by atoms with Crippen LogP contribution >= 0.6 is 0 Å². The Morgan fingerprint density at radius 1 is 0.781 bits per heavy atom. The molecule has 0 unspecified atom stereocenters. The summed E-state index contributed by atoms with van der Waals surface area (Å²) in [4.78, 5) is 48.0. The summed E-state index contributed by atoms with van der Waals surface area (Å²) in [6.07, 6.45) is -0.544. The highest BCUT2D eigenvalue weighted by Crippen LogP contribution is 2.18. The van der Waals surface area contributed by atoms with Crippen molar-refractivity contribution in [1.82, 2.24) is 0 Å². The van der Waals surface area contributed by atoms with Crippen molar-refractivity contribution in [3.05, 3.63) is 59.2 Å². The van der Waals surface area contributed by atoms with Crippen LogP contribution in [0.15, 0.2) is 42.5 Å². The van der Waals surface area contributed by atoms with Crippen LogP contribution in [-0.4, -0.2) is 43.8 Å². The van der Waals surface area contributed by atoms with Gasteiger partial charge in [-0.15, -0.1) is 0 Å². The number of ether oxygens (including phenoxy) is 3. The van der Waals surface area contributed by atoms with Gasteiger partial charge in [0.1, 0.15) is 5.60 Å². The molecular weight excluding hydrogens is 416 g/mol. The molecule has 0 radical (unpaired) electrons. The Morgan fingerprint density at radius 2 is 1.31 bits per heavy atom. The molecule has 2 N–H and O–H groups in total. The Balaban J connectivity index is 2.06. The standard InChI is InChI=1S/C23H26N2O7/c1-23(2,3)32-22(29)25-17-8-6-14(7-9-17)10-19(26)24-18-12-15(20(27)30-4)11-16(13-18)21(28)31-5/h6-9,11-13H,10H2,1-5H3,(H,24,26)(H,25,29). The van der Waals surface area contributed by atoms with E-state index in [2.05, 4.69) is 20.1 Å². The molecule has 170 valence electrons. The molecule has 0 saturated heterocycles. The molecule has 2 aromatic carbocycles. The second-order valence-electron chi connectivity index (χ2n) is 7.83. The highest BCUT2D eigenvalue weighted by Gasteiger charge is 2.17. The van der Waals surface area contributed by atoms with Gasteiger partial charge in [0.2, 0.25) is 5.91 Å². The van der Waals surface area contributed by atoms with Gasteiger partial charge in [0.25, 0.3) is 0 Å². The summed E-state index contributed by atoms with van der Waals surface area (Å²) in [6.45, 7) is 5.30. The van der Waals surface area contributed by atoms with Gasteiger partial charge in [-0.3, -0.25) is 10.1 Å². The van der Waals surface area contributed by atoms with E-state index in [-0.39, 0.29) is 29.1 Å². The van der Waals surface area contributed by atoms with Crippen LogP contribution in [0.2, 0.25) is 0 Å². The van der Waals surface area contributed by atoms with Crippen molar-refractivity contribution in [1.29, 1.82) is 0 Å². The Hall–Kier alpha value is -3.88. The zero-order valence-electron chi connectivity index (χ0n) is 18.6. The highest BCUT2D eigenvalue weighted by molar-refractivity contribution is 5.99. The average Bonchev–Trinajstić information content (AvgIpc) is 2.72. The van der Waals surface area contributed by atoms with E-state index in [1.165, 1.54) is 32.4 Å². The van der Waals surface area contributed by atoms with E-state index < -0.39 is 23.6 Å². The number of carbonyl (C=O) groups excluding carboxylic acids is 4. The van der Waals surface area contributed by atoms with Gasteiger partial charge in [0.05, 0.1) is 31.8 Å². The van der Waals surface area contributed by atoms with E-state index in [1.54, 1.807) is 45.0 Å². The summed E-state index contributed by atoms with van der Waals surface area (Å²) in [5.74, 6) is -1.67. The van der Waals surface area contributed by atoms with Crippen molar-refractivity contribution in [2.75, 3.05) is 24.9 Å². The van der Waals surface area contributed by atoms with E-state index in [0.717, 1.165) is 0 Å². The van der Waals surface area contributed by atoms with E-state index in [0.29, 0.717) is 11.3 Å². The van der Waals surface area contributed by atoms with Crippen LogP contribution in [0.1, 0.15) is 47.1 Å². The van der Waals surface area contributed by atoms with Crippen LogP contribution in [0.3, 0.4) is 0 Å². The lowest BCUT2D eigenvalue weighted by molar-refractivity contribution is -0.115. The SMILES string of the molecule is COC(=O)c1cc(NC(=O)Cc2ccc(NC(=O)OC(C)(C)C)cc2)cc(C(=O)OC)c1. The smallest absolute Gasteiger partial charge is 0.412 e. The molecule has 0 bridgehead atoms. The van der Waals surface area contributed by atoms with Gasteiger partial charge in [-0.1, -0.05) is 12.1 Å². The van der Waals surface area contributed by atoms with Crippen LogP contribution in [0.4, 0.5) is 16.2 Å². The summed E-state index contributed by atoms with van der Waals surface area (Å²) in [5, 5.41) is 5.27. The Labute approximate surface area is 186 Å². The van der Waals surface area contributed by atoms with Crippen molar-refractivity contribution in [2.45, 2.75) is 32.8 Å². The fraction of sp³-hybridized carbons (Fsp3) is 0.304. The predicted molar refractivity (Wildman–Crippen MR) is 118 cm³/mol. The summed E-state index contributed by atoms with van der Waals surface area (Å²) >= 11 is 0. The summed E-state index contributed by atoms with van der Waals surface area (Å²) < 4.78 is 14.6. The minimum atomic E-state index is -0.653. The molecule has 2 amide bonds. The van der Waals surface area contributed by atoms with Crippen molar-refractivity contribution >= 4 is 35.3 Å². The van der Waals surface area contributed by atoms with Crippen molar-refractivity contribution in [3.63, 3.8) is 0 Å². The fourth-order valence-corrected chi connectivity index (χ4v) is 2.69. The largest absolute Gasteiger partial charge is 0.465 e. The van der Waals surface area contributed by atoms with Crippen molar-refractivity contribution < 1.29 is 33.4 Å². The molecule has 0 aliphatic rings. The minimum absolute atomic E-state index is 0.0305. The van der Waals surface area contributed by atoms with E-state index in [4.69, 9.17) is 4.74 Å². The second kappa shape index (κ2) is 10.4. The second-order valence-corrected chi connectivity index (χ2v) is 7.83. The van der Waals surface area contributed by atoms with Gasteiger partial charge in [-0.05, 0) is 56.7 Å². The molecule has 0 spiro atoms. The van der Waals surface area contributed by atoms with Gasteiger partial charge in [-0.25, -0.2) is 14.4 Å². The first-order chi connectivity index (χ1) is 15.0. The van der Waals surface area contributed by atoms with Gasteiger partial charge >= 0.3 is 18.0 Å². The molecule has 0 saturated carbocycles. The maximum Gasteiger partial charge on any atom is 0.412 e. The predicted octanol–water partition coefficient (Wildman–Crippen LogP) is 3.79. The molecule has 2 aromatic rings. The molecule has 2 rings (SSSR count). The molecule has 9 nitrogen and oxygen atoms in total. The van der Waals surface area contributed by atoms with Crippen molar-refractivity contribution in [3.8, 4) is 0 Å². The zero-order chi connectivity index (χ0) is 23.9. The third-order valence-electron chi connectivity index (χ3n) is 4.02. The summed E-state index contributed by atoms with van der Waals surface area (Å²) in [7, 11) is 2.43. The quantitative estimate of drug-likeness (QED) is 0.516. The number of rotatable bonds is 6. The normalized spacial score (nSPS) is 10.7. The lowest BCUT2D eigenvalue weighted by Gasteiger charge is -2.19. The van der Waals surface area contributed by atoms with E-state index in [9.17, 15) is 19.2 Å². The molecule has 32 heavy (non-hydrogen) atoms. The first-order valence-corrected chi connectivity index (χ1v) is 9.71. The lowest BCUT2D eigenvalue weighted by Crippen LogP contribution is -2.27. The van der Waals surface area contributed by atoms with Crippen LogP contribution in [0, 0.1) is 0 Å². The molecule has 9 heteroatoms. The molecule has 0 heterocycles. The number of hydrogen-bond donors (Lipinski definition) is 2. The van der Waals surface area contributed by atoms with Crippen LogP contribution in [0.25, 0.3) is 0 Å². The van der Waals surface area contributed by atoms with Crippen LogP contribution in [0.5, 0.6) is 0 Å². The third kappa shape index (κ3) is 7.42. The topological polar surface area (TPSA) is 120 Å².